The Morgan fingerprint density at radius 2 is 2.04 bits per heavy atom. The summed E-state index contributed by atoms with van der Waals surface area (Å²) in [6, 6.07) is 0. The molecule has 10 heteroatoms. The molecule has 0 aliphatic heterocycles. The first-order chi connectivity index (χ1) is 12.9. The van der Waals surface area contributed by atoms with E-state index >= 15 is 0 Å². The zero-order valence-electron chi connectivity index (χ0n) is 15.1. The molecule has 8 nitrogen and oxygen atoms in total. The van der Waals surface area contributed by atoms with Gasteiger partial charge in [-0.05, 0) is 12.3 Å². The quantitative estimate of drug-likeness (QED) is 0.239. The maximum absolute atomic E-state index is 12.6. The van der Waals surface area contributed by atoms with Gasteiger partial charge in [0.15, 0.2) is 5.78 Å². The Kier molecular flexibility index (Phi) is 8.01. The van der Waals surface area contributed by atoms with Crippen LogP contribution in [-0.4, -0.2) is 39.3 Å². The van der Waals surface area contributed by atoms with Crippen LogP contribution in [0.25, 0.3) is 10.7 Å². The van der Waals surface area contributed by atoms with Gasteiger partial charge in [0, 0.05) is 36.1 Å². The Morgan fingerprint density at radius 3 is 2.67 bits per heavy atom. The van der Waals surface area contributed by atoms with Crippen molar-refractivity contribution in [2.75, 3.05) is 6.54 Å². The van der Waals surface area contributed by atoms with Crippen LogP contribution in [0, 0.1) is 11.8 Å². The Balaban J connectivity index is 1.91. The smallest absolute Gasteiger partial charge is 0.243 e. The van der Waals surface area contributed by atoms with Gasteiger partial charge in [-0.2, -0.15) is 0 Å². The van der Waals surface area contributed by atoms with Crippen molar-refractivity contribution >= 4 is 40.3 Å². The minimum absolute atomic E-state index is 0.0219. The van der Waals surface area contributed by atoms with Gasteiger partial charge < -0.3 is 5.32 Å². The number of thiazole rings is 2. The lowest BCUT2D eigenvalue weighted by Crippen LogP contribution is -2.36. The van der Waals surface area contributed by atoms with E-state index in [2.05, 4.69) is 15.3 Å². The number of hydrogen-bond acceptors (Lipinski definition) is 8. The predicted molar refractivity (Wildman–Crippen MR) is 103 cm³/mol. The molecule has 2 rings (SSSR count). The molecular weight excluding hydrogens is 388 g/mol. The predicted octanol–water partition coefficient (Wildman–Crippen LogP) is 2.51. The number of hydrogen-bond donors (Lipinski definition) is 3. The summed E-state index contributed by atoms with van der Waals surface area (Å²) in [6.07, 6.45) is 0.584. The fraction of sp³-hybridized carbons (Fsp3) is 0.471. The van der Waals surface area contributed by atoms with E-state index in [4.69, 9.17) is 5.21 Å². The van der Waals surface area contributed by atoms with Gasteiger partial charge >= 0.3 is 0 Å². The first kappa shape index (κ1) is 21.1. The summed E-state index contributed by atoms with van der Waals surface area (Å²) in [5.41, 5.74) is 4.35. The van der Waals surface area contributed by atoms with Crippen LogP contribution in [0.4, 0.5) is 0 Å². The van der Waals surface area contributed by atoms with Crippen LogP contribution >= 0.6 is 22.7 Å². The van der Waals surface area contributed by atoms with Gasteiger partial charge in [0.1, 0.15) is 16.4 Å². The van der Waals surface area contributed by atoms with Crippen molar-refractivity contribution in [3.8, 4) is 10.7 Å². The molecule has 146 valence electrons. The minimum atomic E-state index is -0.501. The van der Waals surface area contributed by atoms with Crippen LogP contribution in [0.1, 0.15) is 43.6 Å². The van der Waals surface area contributed by atoms with Crippen LogP contribution in [-0.2, 0) is 9.59 Å². The van der Waals surface area contributed by atoms with E-state index in [1.807, 2.05) is 19.2 Å². The van der Waals surface area contributed by atoms with Crippen LogP contribution in [0.15, 0.2) is 16.3 Å². The van der Waals surface area contributed by atoms with Gasteiger partial charge in [0.25, 0.3) is 0 Å². The largest absolute Gasteiger partial charge is 0.356 e. The van der Waals surface area contributed by atoms with E-state index in [-0.39, 0.29) is 30.4 Å². The third kappa shape index (κ3) is 6.19. The second kappa shape index (κ2) is 10.2. The summed E-state index contributed by atoms with van der Waals surface area (Å²) in [7, 11) is 0. The maximum atomic E-state index is 12.6. The number of aromatic nitrogens is 2. The summed E-state index contributed by atoms with van der Waals surface area (Å²) in [6.45, 7) is 4.07. The monoisotopic (exact) mass is 410 g/mol. The summed E-state index contributed by atoms with van der Waals surface area (Å²) in [5, 5.41) is 15.4. The lowest BCUT2D eigenvalue weighted by Gasteiger charge is -2.19. The SMILES string of the molecule is CC(C)[C@H](CC(=O)c1csc(-c2cscn2)n1)C(=O)NCCCC(=O)NO. The molecular formula is C17H22N4O4S2. The van der Waals surface area contributed by atoms with Crippen LogP contribution in [0.2, 0.25) is 0 Å². The number of rotatable bonds is 10. The van der Waals surface area contributed by atoms with Gasteiger partial charge in [-0.3, -0.25) is 19.6 Å². The zero-order valence-corrected chi connectivity index (χ0v) is 16.7. The third-order valence-corrected chi connectivity index (χ3v) is 5.44. The number of carbonyl (C=O) groups excluding carboxylic acids is 3. The molecule has 0 fully saturated rings. The van der Waals surface area contributed by atoms with Crippen molar-refractivity contribution in [3.05, 3.63) is 22.0 Å². The van der Waals surface area contributed by atoms with E-state index in [0.717, 1.165) is 5.69 Å². The lowest BCUT2D eigenvalue weighted by atomic mass is 9.89. The molecule has 2 aromatic rings. The fourth-order valence-electron chi connectivity index (χ4n) is 2.42. The van der Waals surface area contributed by atoms with E-state index < -0.39 is 11.8 Å². The third-order valence-electron chi connectivity index (χ3n) is 3.99. The number of ketones is 1. The van der Waals surface area contributed by atoms with Crippen LogP contribution in [0.3, 0.4) is 0 Å². The summed E-state index contributed by atoms with van der Waals surface area (Å²) < 4.78 is 0. The second-order valence-corrected chi connectivity index (χ2v) is 7.90. The van der Waals surface area contributed by atoms with Crippen LogP contribution < -0.4 is 10.8 Å². The Labute approximate surface area is 165 Å². The highest BCUT2D eigenvalue weighted by molar-refractivity contribution is 7.14. The van der Waals surface area contributed by atoms with Crippen molar-refractivity contribution in [2.24, 2.45) is 11.8 Å². The molecule has 1 atom stereocenters. The number of hydroxylamine groups is 1. The first-order valence-electron chi connectivity index (χ1n) is 8.50. The molecule has 0 aromatic carbocycles. The summed E-state index contributed by atoms with van der Waals surface area (Å²) in [4.78, 5) is 44.5. The molecule has 0 radical (unpaired) electrons. The molecule has 0 unspecified atom stereocenters. The molecule has 0 saturated heterocycles. The average molecular weight is 411 g/mol. The van der Waals surface area contributed by atoms with Gasteiger partial charge in [-0.25, -0.2) is 15.4 Å². The molecule has 3 N–H and O–H groups in total. The van der Waals surface area contributed by atoms with E-state index in [0.29, 0.717) is 23.7 Å². The van der Waals surface area contributed by atoms with Crippen LogP contribution in [0.5, 0.6) is 0 Å². The van der Waals surface area contributed by atoms with Gasteiger partial charge in [0.05, 0.1) is 5.51 Å². The number of nitrogens with one attached hydrogen (secondary N) is 2. The molecule has 0 aliphatic carbocycles. The zero-order chi connectivity index (χ0) is 19.8. The van der Waals surface area contributed by atoms with Gasteiger partial charge in [-0.1, -0.05) is 13.8 Å². The topological polar surface area (TPSA) is 121 Å². The van der Waals surface area contributed by atoms with Crippen molar-refractivity contribution in [3.63, 3.8) is 0 Å². The van der Waals surface area contributed by atoms with E-state index in [1.165, 1.54) is 22.7 Å². The van der Waals surface area contributed by atoms with Crippen molar-refractivity contribution in [2.45, 2.75) is 33.1 Å². The fourth-order valence-corrected chi connectivity index (χ4v) is 3.82. The summed E-state index contributed by atoms with van der Waals surface area (Å²) in [5.74, 6) is -1.40. The molecule has 0 saturated carbocycles. The van der Waals surface area contributed by atoms with Crippen molar-refractivity contribution < 1.29 is 19.6 Å². The van der Waals surface area contributed by atoms with Crippen molar-refractivity contribution in [1.82, 2.24) is 20.8 Å². The Hall–Kier alpha value is -2.17. The first-order valence-corrected chi connectivity index (χ1v) is 10.3. The van der Waals surface area contributed by atoms with Crippen molar-refractivity contribution in [1.29, 1.82) is 0 Å². The second-order valence-electron chi connectivity index (χ2n) is 6.32. The molecule has 27 heavy (non-hydrogen) atoms. The molecule has 2 aromatic heterocycles. The normalized spacial score (nSPS) is 12.0. The molecule has 0 aliphatic rings. The standard InChI is InChI=1S/C17H22N4O4S2/c1-10(2)11(16(24)18-5-3-4-15(23)21-25)6-14(22)12-8-27-17(20-12)13-7-26-9-19-13/h7-11,25H,3-6H2,1-2H3,(H,18,24)(H,21,23)/t11-/m0/s1. The Morgan fingerprint density at radius 1 is 1.26 bits per heavy atom. The highest BCUT2D eigenvalue weighted by Gasteiger charge is 2.26. The molecule has 2 amide bonds. The maximum Gasteiger partial charge on any atom is 0.243 e. The highest BCUT2D eigenvalue weighted by Crippen LogP contribution is 2.25. The number of nitrogens with zero attached hydrogens (tertiary/aromatic N) is 2. The number of amides is 2. The molecule has 0 spiro atoms. The highest BCUT2D eigenvalue weighted by atomic mass is 32.1. The van der Waals surface area contributed by atoms with E-state index in [1.54, 1.807) is 16.4 Å². The molecule has 0 bridgehead atoms. The number of carbonyl (C=O) groups is 3. The molecule has 2 heterocycles. The Bertz CT molecular complexity index is 774. The number of Topliss-reactive ketones (excluding diaryl/α,β-unsaturated/α-hetero) is 1. The summed E-state index contributed by atoms with van der Waals surface area (Å²) >= 11 is 2.82. The van der Waals surface area contributed by atoms with E-state index in [9.17, 15) is 14.4 Å². The average Bonchev–Trinajstić information content (AvgIpc) is 3.33. The minimum Gasteiger partial charge on any atom is -0.356 e. The van der Waals surface area contributed by atoms with Gasteiger partial charge in [0.2, 0.25) is 11.8 Å². The lowest BCUT2D eigenvalue weighted by molar-refractivity contribution is -0.130. The van der Waals surface area contributed by atoms with Gasteiger partial charge in [-0.15, -0.1) is 22.7 Å².